The van der Waals surface area contributed by atoms with Gasteiger partial charge < -0.3 is 9.47 Å². The van der Waals surface area contributed by atoms with Crippen LogP contribution in [0.2, 0.25) is 0 Å². The molecule has 0 aliphatic heterocycles. The molecule has 4 nitrogen and oxygen atoms in total. The maximum Gasteiger partial charge on any atom is 0.338 e. The zero-order valence-electron chi connectivity index (χ0n) is 9.66. The zero-order chi connectivity index (χ0) is 12.8. The van der Waals surface area contributed by atoms with Crippen LogP contribution in [0.4, 0.5) is 0 Å². The fourth-order valence-electron chi connectivity index (χ4n) is 1.26. The van der Waals surface area contributed by atoms with Crippen molar-refractivity contribution in [3.8, 4) is 5.75 Å². The van der Waals surface area contributed by atoms with Crippen LogP contribution in [0.5, 0.6) is 5.75 Å². The maximum absolute atomic E-state index is 11.5. The highest BCUT2D eigenvalue weighted by Gasteiger charge is 2.12. The number of hydrogen-bond acceptors (Lipinski definition) is 4. The molecule has 92 valence electrons. The number of carbonyl (C=O) groups is 2. The molecule has 0 radical (unpaired) electrons. The van der Waals surface area contributed by atoms with E-state index in [1.165, 1.54) is 13.0 Å². The lowest BCUT2D eigenvalue weighted by Crippen LogP contribution is -2.08. The third-order valence-corrected chi connectivity index (χ3v) is 2.58. The van der Waals surface area contributed by atoms with Crippen LogP contribution < -0.4 is 4.74 Å². The van der Waals surface area contributed by atoms with Gasteiger partial charge in [-0.25, -0.2) is 4.79 Å². The summed E-state index contributed by atoms with van der Waals surface area (Å²) < 4.78 is 9.90. The first kappa shape index (κ1) is 13.7. The van der Waals surface area contributed by atoms with Gasteiger partial charge in [-0.1, -0.05) is 22.0 Å². The van der Waals surface area contributed by atoms with Gasteiger partial charge in [-0.3, -0.25) is 4.79 Å². The number of alkyl halides is 1. The predicted octanol–water partition coefficient (Wildman–Crippen LogP) is 2.68. The standard InChI is InChI=1S/C12H13BrO4/c1-3-16-12(15)9-4-5-10(7-13)11(6-9)17-8(2)14/h4-6H,3,7H2,1-2H3. The second-order valence-corrected chi connectivity index (χ2v) is 3.83. The van der Waals surface area contributed by atoms with Crippen molar-refractivity contribution in [3.05, 3.63) is 29.3 Å². The average Bonchev–Trinajstić information content (AvgIpc) is 2.28. The van der Waals surface area contributed by atoms with Crippen molar-refractivity contribution in [2.45, 2.75) is 19.2 Å². The van der Waals surface area contributed by atoms with Crippen molar-refractivity contribution < 1.29 is 19.1 Å². The molecule has 0 N–H and O–H groups in total. The monoisotopic (exact) mass is 300 g/mol. The molecule has 17 heavy (non-hydrogen) atoms. The molecular weight excluding hydrogens is 288 g/mol. The van der Waals surface area contributed by atoms with E-state index < -0.39 is 11.9 Å². The van der Waals surface area contributed by atoms with E-state index in [2.05, 4.69) is 15.9 Å². The Kier molecular flexibility index (Phi) is 5.15. The second kappa shape index (κ2) is 6.39. The van der Waals surface area contributed by atoms with Gasteiger partial charge in [0.2, 0.25) is 0 Å². The van der Waals surface area contributed by atoms with E-state index in [-0.39, 0.29) is 0 Å². The van der Waals surface area contributed by atoms with Gasteiger partial charge in [-0.05, 0) is 19.1 Å². The van der Waals surface area contributed by atoms with Crippen molar-refractivity contribution in [1.82, 2.24) is 0 Å². The van der Waals surface area contributed by atoms with Crippen LogP contribution in [-0.2, 0) is 14.9 Å². The Balaban J connectivity index is 3.03. The predicted molar refractivity (Wildman–Crippen MR) is 66.3 cm³/mol. The third-order valence-electron chi connectivity index (χ3n) is 1.98. The molecule has 0 saturated carbocycles. The molecule has 0 bridgehead atoms. The maximum atomic E-state index is 11.5. The van der Waals surface area contributed by atoms with Gasteiger partial charge in [0.15, 0.2) is 0 Å². The summed E-state index contributed by atoms with van der Waals surface area (Å²) in [5.41, 5.74) is 1.17. The van der Waals surface area contributed by atoms with Crippen LogP contribution in [0.15, 0.2) is 18.2 Å². The normalized spacial score (nSPS) is 9.82. The molecule has 0 amide bonds. The summed E-state index contributed by atoms with van der Waals surface area (Å²) in [6, 6.07) is 4.87. The molecule has 0 aromatic heterocycles. The van der Waals surface area contributed by atoms with Gasteiger partial charge in [0.1, 0.15) is 5.75 Å². The summed E-state index contributed by atoms with van der Waals surface area (Å²) >= 11 is 3.28. The van der Waals surface area contributed by atoms with E-state index in [0.717, 1.165) is 5.56 Å². The highest BCUT2D eigenvalue weighted by atomic mass is 79.9. The highest BCUT2D eigenvalue weighted by molar-refractivity contribution is 9.08. The summed E-state index contributed by atoms with van der Waals surface area (Å²) in [6.07, 6.45) is 0. The summed E-state index contributed by atoms with van der Waals surface area (Å²) in [5, 5.41) is 0.540. The molecule has 0 fully saturated rings. The van der Waals surface area contributed by atoms with Crippen molar-refractivity contribution >= 4 is 27.9 Å². The Morgan fingerprint density at radius 1 is 1.35 bits per heavy atom. The Bertz CT molecular complexity index is 429. The Morgan fingerprint density at radius 2 is 2.06 bits per heavy atom. The molecule has 1 aromatic rings. The van der Waals surface area contributed by atoms with Crippen LogP contribution in [0, 0.1) is 0 Å². The second-order valence-electron chi connectivity index (χ2n) is 3.27. The van der Waals surface area contributed by atoms with Crippen molar-refractivity contribution in [2.75, 3.05) is 6.61 Å². The van der Waals surface area contributed by atoms with Gasteiger partial charge >= 0.3 is 11.9 Å². The number of esters is 2. The van der Waals surface area contributed by atoms with Gasteiger partial charge in [0.25, 0.3) is 0 Å². The molecule has 0 heterocycles. The number of rotatable bonds is 4. The van der Waals surface area contributed by atoms with Gasteiger partial charge in [-0.15, -0.1) is 0 Å². The summed E-state index contributed by atoms with van der Waals surface area (Å²) in [5.74, 6) is -0.477. The first-order valence-electron chi connectivity index (χ1n) is 5.13. The fraction of sp³-hybridized carbons (Fsp3) is 0.333. The molecular formula is C12H13BrO4. The lowest BCUT2D eigenvalue weighted by molar-refractivity contribution is -0.131. The lowest BCUT2D eigenvalue weighted by Gasteiger charge is -2.08. The van der Waals surface area contributed by atoms with Crippen LogP contribution in [-0.4, -0.2) is 18.5 Å². The minimum Gasteiger partial charge on any atom is -0.462 e. The minimum absolute atomic E-state index is 0.307. The first-order chi connectivity index (χ1) is 8.08. The minimum atomic E-state index is -0.429. The first-order valence-corrected chi connectivity index (χ1v) is 6.25. The third kappa shape index (κ3) is 3.85. The summed E-state index contributed by atoms with van der Waals surface area (Å²) in [6.45, 7) is 3.36. The molecule has 1 rings (SSSR count). The molecule has 1 aromatic carbocycles. The Morgan fingerprint density at radius 3 is 2.59 bits per heavy atom. The van der Waals surface area contributed by atoms with Gasteiger partial charge in [0.05, 0.1) is 12.2 Å². The SMILES string of the molecule is CCOC(=O)c1ccc(CBr)c(OC(C)=O)c1. The summed E-state index contributed by atoms with van der Waals surface area (Å²) in [4.78, 5) is 22.4. The Labute approximate surface area is 108 Å². The van der Waals surface area contributed by atoms with E-state index >= 15 is 0 Å². The van der Waals surface area contributed by atoms with E-state index in [0.29, 0.717) is 23.2 Å². The lowest BCUT2D eigenvalue weighted by atomic mass is 10.1. The highest BCUT2D eigenvalue weighted by Crippen LogP contribution is 2.23. The van der Waals surface area contributed by atoms with Crippen molar-refractivity contribution in [2.24, 2.45) is 0 Å². The smallest absolute Gasteiger partial charge is 0.338 e. The molecule has 0 aliphatic rings. The molecule has 0 spiro atoms. The van der Waals surface area contributed by atoms with Gasteiger partial charge in [0, 0.05) is 17.8 Å². The number of benzene rings is 1. The zero-order valence-corrected chi connectivity index (χ0v) is 11.2. The Hall–Kier alpha value is -1.36. The summed E-state index contributed by atoms with van der Waals surface area (Å²) in [7, 11) is 0. The van der Waals surface area contributed by atoms with Crippen molar-refractivity contribution in [1.29, 1.82) is 0 Å². The van der Waals surface area contributed by atoms with E-state index in [4.69, 9.17) is 9.47 Å². The number of carbonyl (C=O) groups excluding carboxylic acids is 2. The average molecular weight is 301 g/mol. The topological polar surface area (TPSA) is 52.6 Å². The van der Waals surface area contributed by atoms with Crippen LogP contribution in [0.3, 0.4) is 0 Å². The van der Waals surface area contributed by atoms with Gasteiger partial charge in [-0.2, -0.15) is 0 Å². The van der Waals surface area contributed by atoms with Crippen LogP contribution in [0.1, 0.15) is 29.8 Å². The number of hydrogen-bond donors (Lipinski definition) is 0. The van der Waals surface area contributed by atoms with Crippen LogP contribution >= 0.6 is 15.9 Å². The molecule has 5 heteroatoms. The fourth-order valence-corrected chi connectivity index (χ4v) is 1.72. The quantitative estimate of drug-likeness (QED) is 0.487. The molecule has 0 saturated heterocycles. The van der Waals surface area contributed by atoms with Crippen molar-refractivity contribution in [3.63, 3.8) is 0 Å². The van der Waals surface area contributed by atoms with E-state index in [1.807, 2.05) is 0 Å². The van der Waals surface area contributed by atoms with Crippen LogP contribution in [0.25, 0.3) is 0 Å². The van der Waals surface area contributed by atoms with E-state index in [1.54, 1.807) is 19.1 Å². The molecule has 0 atom stereocenters. The molecule has 0 unspecified atom stereocenters. The largest absolute Gasteiger partial charge is 0.462 e. The van der Waals surface area contributed by atoms with E-state index in [9.17, 15) is 9.59 Å². The molecule has 0 aliphatic carbocycles. The number of ether oxygens (including phenoxy) is 2. The number of halogens is 1.